The Hall–Kier alpha value is -1.55. The van der Waals surface area contributed by atoms with E-state index in [2.05, 4.69) is 15.6 Å². The lowest BCUT2D eigenvalue weighted by Crippen LogP contribution is -2.55. The molecule has 0 aliphatic carbocycles. The maximum Gasteiger partial charge on any atom is 0.297 e. The van der Waals surface area contributed by atoms with E-state index in [9.17, 15) is 13.2 Å². The van der Waals surface area contributed by atoms with Crippen molar-refractivity contribution >= 4 is 63.4 Å². The van der Waals surface area contributed by atoms with E-state index < -0.39 is 20.5 Å². The molecule has 0 saturated carbocycles. The van der Waals surface area contributed by atoms with E-state index in [1.807, 2.05) is 14.1 Å². The van der Waals surface area contributed by atoms with Crippen molar-refractivity contribution in [2.45, 2.75) is 17.6 Å². The van der Waals surface area contributed by atoms with Crippen LogP contribution in [-0.2, 0) is 14.6 Å². The van der Waals surface area contributed by atoms with Gasteiger partial charge < -0.3 is 20.0 Å². The van der Waals surface area contributed by atoms with E-state index in [-0.39, 0.29) is 37.7 Å². The van der Waals surface area contributed by atoms with Crippen molar-refractivity contribution in [1.82, 2.24) is 10.3 Å². The number of nitrogens with zero attached hydrogens (tertiary/aromatic N) is 2. The van der Waals surface area contributed by atoms with Gasteiger partial charge in [0.05, 0.1) is 0 Å². The average Bonchev–Trinajstić information content (AvgIpc) is 2.98. The summed E-state index contributed by atoms with van der Waals surface area (Å²) in [5.41, 5.74) is 1.69. The van der Waals surface area contributed by atoms with E-state index >= 15 is 0 Å². The van der Waals surface area contributed by atoms with Gasteiger partial charge in [-0.2, -0.15) is 4.98 Å². The molecule has 152 valence electrons. The van der Waals surface area contributed by atoms with Gasteiger partial charge in [-0.25, -0.2) is 8.42 Å². The van der Waals surface area contributed by atoms with Crippen LogP contribution in [0.4, 0.5) is 11.7 Å². The molecule has 27 heavy (non-hydrogen) atoms. The van der Waals surface area contributed by atoms with Crippen LogP contribution >= 0.6 is 24.8 Å². The van der Waals surface area contributed by atoms with Crippen molar-refractivity contribution in [3.63, 3.8) is 0 Å². The van der Waals surface area contributed by atoms with E-state index in [1.165, 1.54) is 0 Å². The zero-order chi connectivity index (χ0) is 18.2. The molecule has 8 nitrogen and oxygen atoms in total. The van der Waals surface area contributed by atoms with Crippen LogP contribution < -0.4 is 15.5 Å². The van der Waals surface area contributed by atoms with E-state index in [0.717, 1.165) is 6.26 Å². The predicted molar refractivity (Wildman–Crippen MR) is 111 cm³/mol. The average molecular weight is 439 g/mol. The van der Waals surface area contributed by atoms with Gasteiger partial charge in [0.2, 0.25) is 5.91 Å². The number of carbonyl (C=O) groups excluding carboxylic acids is 1. The molecule has 2 aromatic rings. The number of carbonyl (C=O) groups is 1. The second-order valence-corrected chi connectivity index (χ2v) is 8.87. The normalized spacial score (nSPS) is 16.1. The monoisotopic (exact) mass is 438 g/mol. The number of oxazole rings is 1. The molecule has 2 N–H and O–H groups in total. The van der Waals surface area contributed by atoms with Crippen LogP contribution in [0.5, 0.6) is 0 Å². The SMILES string of the molecule is CN(C)c1nc2cc(NC(=O)C3(S(C)(=O)=O)CCNCC3)ccc2o1.Cl.Cl. The molecule has 1 amide bonds. The standard InChI is InChI=1S/C16H22N4O4S.2ClH/c1-20(2)15-19-12-10-11(4-5-13(12)24-15)18-14(21)16(25(3,22)23)6-8-17-9-7-16;;/h4-5,10,17H,6-9H2,1-3H3,(H,18,21);2*1H. The Labute approximate surface area is 170 Å². The Kier molecular flexibility index (Phi) is 7.52. The summed E-state index contributed by atoms with van der Waals surface area (Å²) >= 11 is 0. The molecule has 1 fully saturated rings. The summed E-state index contributed by atoms with van der Waals surface area (Å²) in [4.78, 5) is 18.9. The van der Waals surface area contributed by atoms with E-state index in [4.69, 9.17) is 4.42 Å². The van der Waals surface area contributed by atoms with Crippen LogP contribution in [0.1, 0.15) is 12.8 Å². The number of hydrogen-bond donors (Lipinski definition) is 2. The fraction of sp³-hybridized carbons (Fsp3) is 0.500. The van der Waals surface area contributed by atoms with Gasteiger partial charge >= 0.3 is 0 Å². The molecule has 0 atom stereocenters. The first-order chi connectivity index (χ1) is 11.7. The predicted octanol–water partition coefficient (Wildman–Crippen LogP) is 1.84. The number of benzene rings is 1. The third-order valence-corrected chi connectivity index (χ3v) is 6.56. The van der Waals surface area contributed by atoms with Gasteiger partial charge in [-0.1, -0.05) is 0 Å². The minimum atomic E-state index is -3.55. The van der Waals surface area contributed by atoms with Crippen LogP contribution in [-0.4, -0.2) is 57.5 Å². The van der Waals surface area contributed by atoms with Crippen LogP contribution in [0.15, 0.2) is 22.6 Å². The lowest BCUT2D eigenvalue weighted by atomic mass is 9.95. The molecule has 0 spiro atoms. The molecule has 1 aliphatic rings. The summed E-state index contributed by atoms with van der Waals surface area (Å²) < 4.78 is 28.8. The molecule has 2 heterocycles. The molecule has 0 radical (unpaired) electrons. The molecule has 1 aliphatic heterocycles. The first-order valence-electron chi connectivity index (χ1n) is 8.03. The largest absolute Gasteiger partial charge is 0.423 e. The summed E-state index contributed by atoms with van der Waals surface area (Å²) in [6.45, 7) is 0.990. The molecular weight excluding hydrogens is 415 g/mol. The zero-order valence-corrected chi connectivity index (χ0v) is 17.8. The number of halogens is 2. The molecule has 1 saturated heterocycles. The number of amides is 1. The van der Waals surface area contributed by atoms with Gasteiger partial charge in [-0.05, 0) is 44.1 Å². The first kappa shape index (κ1) is 23.5. The van der Waals surface area contributed by atoms with Crippen LogP contribution in [0.25, 0.3) is 11.1 Å². The summed E-state index contributed by atoms with van der Waals surface area (Å²) in [6, 6.07) is 5.54. The third-order valence-electron chi connectivity index (χ3n) is 4.55. The van der Waals surface area contributed by atoms with Gasteiger partial charge in [-0.3, -0.25) is 4.79 Å². The summed E-state index contributed by atoms with van der Waals surface area (Å²) in [5, 5.41) is 5.84. The molecule has 0 bridgehead atoms. The number of nitrogens with one attached hydrogen (secondary N) is 2. The van der Waals surface area contributed by atoms with Crippen molar-refractivity contribution < 1.29 is 17.6 Å². The highest BCUT2D eigenvalue weighted by Crippen LogP contribution is 2.30. The number of hydrogen-bond acceptors (Lipinski definition) is 7. The minimum absolute atomic E-state index is 0. The molecule has 11 heteroatoms. The number of rotatable bonds is 4. The Morgan fingerprint density at radius 3 is 2.44 bits per heavy atom. The summed E-state index contributed by atoms with van der Waals surface area (Å²) in [7, 11) is 0.0903. The van der Waals surface area contributed by atoms with Crippen molar-refractivity contribution in [2.75, 3.05) is 43.7 Å². The van der Waals surface area contributed by atoms with Crippen LogP contribution in [0, 0.1) is 0 Å². The highest BCUT2D eigenvalue weighted by molar-refractivity contribution is 7.92. The van der Waals surface area contributed by atoms with Gasteiger partial charge in [0.15, 0.2) is 20.2 Å². The summed E-state index contributed by atoms with van der Waals surface area (Å²) in [5.74, 6) is -0.493. The van der Waals surface area contributed by atoms with Crippen LogP contribution in [0.3, 0.4) is 0 Å². The van der Waals surface area contributed by atoms with Gasteiger partial charge in [0, 0.05) is 26.0 Å². The van der Waals surface area contributed by atoms with Crippen LogP contribution in [0.2, 0.25) is 0 Å². The van der Waals surface area contributed by atoms with E-state index in [0.29, 0.717) is 35.9 Å². The fourth-order valence-corrected chi connectivity index (χ4v) is 4.36. The highest BCUT2D eigenvalue weighted by Gasteiger charge is 2.48. The second kappa shape index (κ2) is 8.64. The lowest BCUT2D eigenvalue weighted by molar-refractivity contribution is -0.119. The molecule has 1 aromatic carbocycles. The number of fused-ring (bicyclic) bond motifs is 1. The number of anilines is 2. The van der Waals surface area contributed by atoms with Crippen molar-refractivity contribution in [3.8, 4) is 0 Å². The van der Waals surface area contributed by atoms with Crippen molar-refractivity contribution in [1.29, 1.82) is 0 Å². The Morgan fingerprint density at radius 1 is 1.26 bits per heavy atom. The first-order valence-corrected chi connectivity index (χ1v) is 9.92. The van der Waals surface area contributed by atoms with Crippen molar-refractivity contribution in [2.24, 2.45) is 0 Å². The second-order valence-electron chi connectivity index (χ2n) is 6.54. The summed E-state index contributed by atoms with van der Waals surface area (Å²) in [6.07, 6.45) is 1.64. The molecule has 1 aromatic heterocycles. The Morgan fingerprint density at radius 2 is 1.89 bits per heavy atom. The third kappa shape index (κ3) is 4.48. The number of sulfone groups is 1. The molecule has 0 unspecified atom stereocenters. The number of aromatic nitrogens is 1. The quantitative estimate of drug-likeness (QED) is 0.749. The highest BCUT2D eigenvalue weighted by atomic mass is 35.5. The topological polar surface area (TPSA) is 105 Å². The number of piperidine rings is 1. The molecule has 3 rings (SSSR count). The Balaban J connectivity index is 0.00000182. The van der Waals surface area contributed by atoms with Gasteiger partial charge in [0.1, 0.15) is 5.52 Å². The lowest BCUT2D eigenvalue weighted by Gasteiger charge is -2.34. The smallest absolute Gasteiger partial charge is 0.297 e. The maximum absolute atomic E-state index is 12.8. The van der Waals surface area contributed by atoms with Crippen molar-refractivity contribution in [3.05, 3.63) is 18.2 Å². The minimum Gasteiger partial charge on any atom is -0.423 e. The van der Waals surface area contributed by atoms with E-state index in [1.54, 1.807) is 23.1 Å². The van der Waals surface area contributed by atoms with Gasteiger partial charge in [-0.15, -0.1) is 24.8 Å². The van der Waals surface area contributed by atoms with Gasteiger partial charge in [0.25, 0.3) is 6.01 Å². The maximum atomic E-state index is 12.8. The molecular formula is C16H24Cl2N4O4S. The fourth-order valence-electron chi connectivity index (χ4n) is 3.03. The Bertz CT molecular complexity index is 908. The zero-order valence-electron chi connectivity index (χ0n) is 15.3.